The molecule has 0 aliphatic heterocycles. The smallest absolute Gasteiger partial charge is 0.259 e. The van der Waals surface area contributed by atoms with Crippen LogP contribution in [0.3, 0.4) is 0 Å². The van der Waals surface area contributed by atoms with Gasteiger partial charge in [-0.05, 0) is 38.1 Å². The van der Waals surface area contributed by atoms with Crippen molar-refractivity contribution in [2.24, 2.45) is 0 Å². The molecule has 0 radical (unpaired) electrons. The highest BCUT2D eigenvalue weighted by atomic mass is 16.5. The average molecular weight is 369 g/mol. The van der Waals surface area contributed by atoms with Crippen LogP contribution in [0, 0.1) is 0 Å². The van der Waals surface area contributed by atoms with Gasteiger partial charge >= 0.3 is 0 Å². The van der Waals surface area contributed by atoms with E-state index >= 15 is 0 Å². The molecule has 0 unspecified atom stereocenters. The number of amides is 2. The van der Waals surface area contributed by atoms with Gasteiger partial charge in [0.25, 0.3) is 5.91 Å². The first-order valence-electron chi connectivity index (χ1n) is 8.92. The van der Waals surface area contributed by atoms with E-state index < -0.39 is 0 Å². The molecule has 27 heavy (non-hydrogen) atoms. The molecule has 0 atom stereocenters. The molecular formula is C21H27N3O3. The van der Waals surface area contributed by atoms with Gasteiger partial charge in [-0.1, -0.05) is 24.3 Å². The lowest BCUT2D eigenvalue weighted by Gasteiger charge is -2.27. The summed E-state index contributed by atoms with van der Waals surface area (Å²) in [5.74, 6) is 0.440. The Morgan fingerprint density at radius 2 is 1.70 bits per heavy atom. The SMILES string of the molecule is CC(C)N(C(=O)CNc1cccc(OCC(=O)N(C)C)c1)c1ccccc1. The summed E-state index contributed by atoms with van der Waals surface area (Å²) >= 11 is 0. The third kappa shape index (κ3) is 6.02. The number of hydrogen-bond donors (Lipinski definition) is 1. The minimum atomic E-state index is -0.112. The summed E-state index contributed by atoms with van der Waals surface area (Å²) < 4.78 is 5.51. The molecule has 2 amide bonds. The minimum Gasteiger partial charge on any atom is -0.484 e. The van der Waals surface area contributed by atoms with E-state index in [2.05, 4.69) is 5.32 Å². The number of ether oxygens (including phenoxy) is 1. The Labute approximate surface area is 160 Å². The van der Waals surface area contributed by atoms with Gasteiger partial charge in [-0.25, -0.2) is 0 Å². The van der Waals surface area contributed by atoms with Gasteiger partial charge in [-0.3, -0.25) is 9.59 Å². The van der Waals surface area contributed by atoms with Crippen molar-refractivity contribution in [3.05, 3.63) is 54.6 Å². The predicted octanol–water partition coefficient (Wildman–Crippen LogP) is 3.01. The second kappa shape index (κ2) is 9.62. The average Bonchev–Trinajstić information content (AvgIpc) is 2.65. The third-order valence-electron chi connectivity index (χ3n) is 3.96. The van der Waals surface area contributed by atoms with Crippen LogP contribution in [0.1, 0.15) is 13.8 Å². The van der Waals surface area contributed by atoms with Gasteiger partial charge in [0.1, 0.15) is 5.75 Å². The van der Waals surface area contributed by atoms with Crippen molar-refractivity contribution in [3.8, 4) is 5.75 Å². The topological polar surface area (TPSA) is 61.9 Å². The summed E-state index contributed by atoms with van der Waals surface area (Å²) in [6.45, 7) is 4.11. The molecule has 0 aliphatic carbocycles. The number of carbonyl (C=O) groups is 2. The van der Waals surface area contributed by atoms with E-state index in [9.17, 15) is 9.59 Å². The first-order valence-corrected chi connectivity index (χ1v) is 8.92. The lowest BCUT2D eigenvalue weighted by Crippen LogP contribution is -2.40. The fourth-order valence-corrected chi connectivity index (χ4v) is 2.55. The van der Waals surface area contributed by atoms with Gasteiger partial charge in [-0.15, -0.1) is 0 Å². The molecule has 0 saturated heterocycles. The lowest BCUT2D eigenvalue weighted by molar-refractivity contribution is -0.130. The molecule has 2 rings (SSSR count). The van der Waals surface area contributed by atoms with Crippen molar-refractivity contribution in [2.75, 3.05) is 37.5 Å². The molecule has 1 N–H and O–H groups in total. The third-order valence-corrected chi connectivity index (χ3v) is 3.96. The first kappa shape index (κ1) is 20.3. The van der Waals surface area contributed by atoms with Crippen molar-refractivity contribution in [3.63, 3.8) is 0 Å². The lowest BCUT2D eigenvalue weighted by atomic mass is 10.2. The van der Waals surface area contributed by atoms with E-state index in [1.54, 1.807) is 31.1 Å². The molecule has 0 bridgehead atoms. The number of likely N-dealkylation sites (N-methyl/N-ethyl adjacent to an activating group) is 1. The summed E-state index contributed by atoms with van der Waals surface area (Å²) in [5.41, 5.74) is 1.63. The van der Waals surface area contributed by atoms with Crippen LogP contribution < -0.4 is 15.0 Å². The maximum absolute atomic E-state index is 12.7. The summed E-state index contributed by atoms with van der Waals surface area (Å²) in [7, 11) is 3.37. The van der Waals surface area contributed by atoms with Gasteiger partial charge in [0.05, 0.1) is 6.54 Å². The fourth-order valence-electron chi connectivity index (χ4n) is 2.55. The summed E-state index contributed by atoms with van der Waals surface area (Å²) in [6, 6.07) is 16.9. The number of nitrogens with one attached hydrogen (secondary N) is 1. The molecule has 2 aromatic carbocycles. The number of benzene rings is 2. The van der Waals surface area contributed by atoms with Crippen LogP contribution in [-0.4, -0.2) is 50.0 Å². The van der Waals surface area contributed by atoms with Gasteiger partial charge in [0, 0.05) is 37.6 Å². The fraction of sp³-hybridized carbons (Fsp3) is 0.333. The van der Waals surface area contributed by atoms with E-state index in [-0.39, 0.29) is 31.0 Å². The minimum absolute atomic E-state index is 0.0229. The normalized spacial score (nSPS) is 10.4. The largest absolute Gasteiger partial charge is 0.484 e. The number of nitrogens with zero attached hydrogens (tertiary/aromatic N) is 2. The molecule has 0 aliphatic rings. The molecule has 6 nitrogen and oxygen atoms in total. The van der Waals surface area contributed by atoms with E-state index in [0.29, 0.717) is 5.75 Å². The number of hydrogen-bond acceptors (Lipinski definition) is 4. The molecule has 2 aromatic rings. The Bertz CT molecular complexity index is 760. The molecular weight excluding hydrogens is 342 g/mol. The second-order valence-electron chi connectivity index (χ2n) is 6.65. The monoisotopic (exact) mass is 369 g/mol. The summed E-state index contributed by atoms with van der Waals surface area (Å²) in [6.07, 6.45) is 0. The molecule has 0 saturated carbocycles. The Kier molecular flexibility index (Phi) is 7.23. The van der Waals surface area contributed by atoms with Crippen LogP contribution in [0.2, 0.25) is 0 Å². The maximum Gasteiger partial charge on any atom is 0.259 e. The Morgan fingerprint density at radius 3 is 2.33 bits per heavy atom. The highest BCUT2D eigenvalue weighted by molar-refractivity contribution is 5.96. The molecule has 6 heteroatoms. The molecule has 0 heterocycles. The quantitative estimate of drug-likeness (QED) is 0.777. The van der Waals surface area contributed by atoms with Crippen LogP contribution in [0.4, 0.5) is 11.4 Å². The summed E-state index contributed by atoms with van der Waals surface area (Å²) in [4.78, 5) is 27.6. The van der Waals surface area contributed by atoms with E-state index in [4.69, 9.17) is 4.74 Å². The van der Waals surface area contributed by atoms with Crippen molar-refractivity contribution in [2.45, 2.75) is 19.9 Å². The van der Waals surface area contributed by atoms with Crippen molar-refractivity contribution >= 4 is 23.2 Å². The molecule has 0 fully saturated rings. The van der Waals surface area contributed by atoms with Gasteiger partial charge in [0.2, 0.25) is 5.91 Å². The van der Waals surface area contributed by atoms with E-state index in [1.807, 2.05) is 56.3 Å². The van der Waals surface area contributed by atoms with Crippen LogP contribution in [-0.2, 0) is 9.59 Å². The highest BCUT2D eigenvalue weighted by Gasteiger charge is 2.18. The Morgan fingerprint density at radius 1 is 1.00 bits per heavy atom. The van der Waals surface area contributed by atoms with Crippen molar-refractivity contribution < 1.29 is 14.3 Å². The van der Waals surface area contributed by atoms with E-state index in [1.165, 1.54) is 4.90 Å². The van der Waals surface area contributed by atoms with Crippen molar-refractivity contribution in [1.82, 2.24) is 4.90 Å². The molecule has 0 spiro atoms. The van der Waals surface area contributed by atoms with E-state index in [0.717, 1.165) is 11.4 Å². The van der Waals surface area contributed by atoms with Crippen LogP contribution in [0.5, 0.6) is 5.75 Å². The van der Waals surface area contributed by atoms with Crippen molar-refractivity contribution in [1.29, 1.82) is 0 Å². The van der Waals surface area contributed by atoms with Gasteiger partial charge in [-0.2, -0.15) is 0 Å². The van der Waals surface area contributed by atoms with Crippen LogP contribution >= 0.6 is 0 Å². The summed E-state index contributed by atoms with van der Waals surface area (Å²) in [5, 5.41) is 3.13. The number of rotatable bonds is 8. The van der Waals surface area contributed by atoms with Gasteiger partial charge < -0.3 is 19.9 Å². The predicted molar refractivity (Wildman–Crippen MR) is 108 cm³/mol. The molecule has 0 aromatic heterocycles. The molecule has 144 valence electrons. The zero-order chi connectivity index (χ0) is 19.8. The number of para-hydroxylation sites is 1. The van der Waals surface area contributed by atoms with Crippen LogP contribution in [0.15, 0.2) is 54.6 Å². The number of carbonyl (C=O) groups excluding carboxylic acids is 2. The maximum atomic E-state index is 12.7. The highest BCUT2D eigenvalue weighted by Crippen LogP contribution is 2.19. The van der Waals surface area contributed by atoms with Crippen LogP contribution in [0.25, 0.3) is 0 Å². The second-order valence-corrected chi connectivity index (χ2v) is 6.65. The van der Waals surface area contributed by atoms with Gasteiger partial charge in [0.15, 0.2) is 6.61 Å². The first-order chi connectivity index (χ1) is 12.9. The number of anilines is 2. The Balaban J connectivity index is 1.98. The standard InChI is InChI=1S/C21H27N3O3/c1-16(2)24(18-10-6-5-7-11-18)20(25)14-22-17-9-8-12-19(13-17)27-15-21(26)23(3)4/h5-13,16,22H,14-15H2,1-4H3. The Hall–Kier alpha value is -3.02. The zero-order valence-electron chi connectivity index (χ0n) is 16.3. The zero-order valence-corrected chi connectivity index (χ0v) is 16.3.